The van der Waals surface area contributed by atoms with Crippen molar-refractivity contribution in [1.29, 1.82) is 0 Å². The maximum atomic E-state index is 14.1. The van der Waals surface area contributed by atoms with Crippen molar-refractivity contribution < 1.29 is 14.0 Å². The van der Waals surface area contributed by atoms with E-state index >= 15 is 0 Å². The number of rotatable bonds is 6. The Morgan fingerprint density at radius 1 is 0.943 bits per heavy atom. The van der Waals surface area contributed by atoms with Crippen LogP contribution in [0.15, 0.2) is 85.1 Å². The highest BCUT2D eigenvalue weighted by molar-refractivity contribution is 6.00. The van der Waals surface area contributed by atoms with Crippen molar-refractivity contribution in [3.05, 3.63) is 108 Å². The molecule has 6 heteroatoms. The normalized spacial score (nSPS) is 15.1. The summed E-state index contributed by atoms with van der Waals surface area (Å²) in [6.45, 7) is 3.60. The molecule has 2 amide bonds. The van der Waals surface area contributed by atoms with Gasteiger partial charge >= 0.3 is 0 Å². The van der Waals surface area contributed by atoms with Crippen LogP contribution in [0.2, 0.25) is 0 Å². The molecule has 0 spiro atoms. The van der Waals surface area contributed by atoms with Crippen LogP contribution in [-0.2, 0) is 11.3 Å². The summed E-state index contributed by atoms with van der Waals surface area (Å²) in [5, 5.41) is 2.06. The Kier molecular flexibility index (Phi) is 6.36. The van der Waals surface area contributed by atoms with E-state index in [2.05, 4.69) is 4.57 Å². The van der Waals surface area contributed by atoms with E-state index in [1.165, 1.54) is 12.1 Å². The molecule has 5 nitrogen and oxygen atoms in total. The third kappa shape index (κ3) is 4.56. The average Bonchev–Trinajstić information content (AvgIpc) is 3.36. The smallest absolute Gasteiger partial charge is 0.254 e. The van der Waals surface area contributed by atoms with Crippen LogP contribution in [-0.4, -0.2) is 45.8 Å². The van der Waals surface area contributed by atoms with Crippen molar-refractivity contribution in [2.75, 3.05) is 19.6 Å². The number of carbonyl (C=O) groups excluding carboxylic acids is 2. The standard InChI is InChI=1S/C29H28FN3O2/c1-2-14-32(29(35)24-13-12-21-7-3-4-8-22(21)18-24)20-27(34)33-17-16-31-15-6-11-26(31)28(33)23-9-5-10-25(30)19-23/h3-13,15,18-19,28H,2,14,16-17,20H2,1H3/t28-/m0/s1. The molecule has 0 saturated carbocycles. The zero-order valence-electron chi connectivity index (χ0n) is 19.7. The fourth-order valence-electron chi connectivity index (χ4n) is 4.96. The molecule has 0 aliphatic carbocycles. The van der Waals surface area contributed by atoms with Crippen LogP contribution in [0.3, 0.4) is 0 Å². The van der Waals surface area contributed by atoms with Crippen LogP contribution in [0.1, 0.15) is 41.0 Å². The van der Waals surface area contributed by atoms with Gasteiger partial charge in [-0.25, -0.2) is 4.39 Å². The first kappa shape index (κ1) is 22.8. The summed E-state index contributed by atoms with van der Waals surface area (Å²) < 4.78 is 16.2. The third-order valence-corrected chi connectivity index (χ3v) is 6.63. The second kappa shape index (κ2) is 9.74. The van der Waals surface area contributed by atoms with Gasteiger partial charge in [0.15, 0.2) is 0 Å². The maximum Gasteiger partial charge on any atom is 0.254 e. The number of nitrogens with zero attached hydrogens (tertiary/aromatic N) is 3. The van der Waals surface area contributed by atoms with Gasteiger partial charge in [0, 0.05) is 37.1 Å². The molecule has 3 aromatic carbocycles. The number of fused-ring (bicyclic) bond motifs is 2. The van der Waals surface area contributed by atoms with E-state index in [9.17, 15) is 14.0 Å². The van der Waals surface area contributed by atoms with Gasteiger partial charge in [-0.3, -0.25) is 9.59 Å². The first-order valence-electron chi connectivity index (χ1n) is 12.0. The summed E-state index contributed by atoms with van der Waals surface area (Å²) in [7, 11) is 0. The Balaban J connectivity index is 1.42. The van der Waals surface area contributed by atoms with Crippen LogP contribution in [0.4, 0.5) is 4.39 Å². The predicted octanol–water partition coefficient (Wildman–Crippen LogP) is 5.26. The van der Waals surface area contributed by atoms with E-state index < -0.39 is 6.04 Å². The zero-order chi connectivity index (χ0) is 24.4. The van der Waals surface area contributed by atoms with Gasteiger partial charge < -0.3 is 14.4 Å². The molecule has 1 aromatic heterocycles. The number of hydrogen-bond donors (Lipinski definition) is 0. The molecule has 35 heavy (non-hydrogen) atoms. The van der Waals surface area contributed by atoms with Crippen LogP contribution in [0.25, 0.3) is 10.8 Å². The topological polar surface area (TPSA) is 45.6 Å². The molecule has 0 saturated heterocycles. The summed E-state index contributed by atoms with van der Waals surface area (Å²) >= 11 is 0. The Morgan fingerprint density at radius 3 is 2.57 bits per heavy atom. The van der Waals surface area contributed by atoms with Gasteiger partial charge in [-0.2, -0.15) is 0 Å². The largest absolute Gasteiger partial charge is 0.348 e. The van der Waals surface area contributed by atoms with Crippen molar-refractivity contribution in [1.82, 2.24) is 14.4 Å². The van der Waals surface area contributed by atoms with Gasteiger partial charge in [0.05, 0.1) is 6.04 Å². The van der Waals surface area contributed by atoms with Gasteiger partial charge in [0.25, 0.3) is 5.91 Å². The van der Waals surface area contributed by atoms with Gasteiger partial charge in [-0.1, -0.05) is 49.4 Å². The molecule has 4 aromatic rings. The molecule has 0 N–H and O–H groups in total. The average molecular weight is 470 g/mol. The fourth-order valence-corrected chi connectivity index (χ4v) is 4.96. The van der Waals surface area contributed by atoms with Crippen LogP contribution >= 0.6 is 0 Å². The maximum absolute atomic E-state index is 14.1. The molecule has 1 atom stereocenters. The Labute approximate surface area is 204 Å². The molecule has 0 radical (unpaired) electrons. The molecule has 178 valence electrons. The summed E-state index contributed by atoms with van der Waals surface area (Å²) in [6, 6.07) is 23.5. The minimum absolute atomic E-state index is 0.0218. The monoisotopic (exact) mass is 469 g/mol. The van der Waals surface area contributed by atoms with Gasteiger partial charge in [-0.15, -0.1) is 0 Å². The minimum atomic E-state index is -0.402. The van der Waals surface area contributed by atoms with E-state index in [0.29, 0.717) is 25.2 Å². The molecule has 5 rings (SSSR count). The van der Waals surface area contributed by atoms with Gasteiger partial charge in [0.1, 0.15) is 12.4 Å². The summed E-state index contributed by atoms with van der Waals surface area (Å²) in [5.74, 6) is -0.638. The van der Waals surface area contributed by atoms with Crippen LogP contribution < -0.4 is 0 Å². The Bertz CT molecular complexity index is 1380. The van der Waals surface area contributed by atoms with Gasteiger partial charge in [0.2, 0.25) is 5.91 Å². The van der Waals surface area contributed by atoms with E-state index in [0.717, 1.165) is 28.5 Å². The molecule has 1 aliphatic heterocycles. The van der Waals surface area contributed by atoms with Gasteiger partial charge in [-0.05, 0) is 59.2 Å². The lowest BCUT2D eigenvalue weighted by atomic mass is 9.99. The molecule has 0 unspecified atom stereocenters. The summed E-state index contributed by atoms with van der Waals surface area (Å²) in [4.78, 5) is 30.5. The molecule has 1 aliphatic rings. The molecule has 0 fully saturated rings. The lowest BCUT2D eigenvalue weighted by Crippen LogP contribution is -2.48. The highest BCUT2D eigenvalue weighted by atomic mass is 19.1. The van der Waals surface area contributed by atoms with Crippen LogP contribution in [0, 0.1) is 5.82 Å². The van der Waals surface area contributed by atoms with Crippen molar-refractivity contribution in [2.45, 2.75) is 25.9 Å². The van der Waals surface area contributed by atoms with Crippen LogP contribution in [0.5, 0.6) is 0 Å². The van der Waals surface area contributed by atoms with E-state index in [-0.39, 0.29) is 24.2 Å². The minimum Gasteiger partial charge on any atom is -0.348 e. The number of hydrogen-bond acceptors (Lipinski definition) is 2. The summed E-state index contributed by atoms with van der Waals surface area (Å²) in [5.41, 5.74) is 2.23. The van der Waals surface area contributed by atoms with Crippen molar-refractivity contribution in [3.63, 3.8) is 0 Å². The van der Waals surface area contributed by atoms with Crippen molar-refractivity contribution in [2.24, 2.45) is 0 Å². The number of amides is 2. The van der Waals surface area contributed by atoms with E-state index in [1.807, 2.05) is 73.8 Å². The van der Waals surface area contributed by atoms with E-state index in [1.54, 1.807) is 15.9 Å². The fraction of sp³-hybridized carbons (Fsp3) is 0.241. The molecular weight excluding hydrogens is 441 g/mol. The van der Waals surface area contributed by atoms with Crippen molar-refractivity contribution in [3.8, 4) is 0 Å². The molecule has 0 bridgehead atoms. The molecular formula is C29H28FN3O2. The lowest BCUT2D eigenvalue weighted by molar-refractivity contribution is -0.134. The first-order valence-corrected chi connectivity index (χ1v) is 12.0. The molecule has 2 heterocycles. The quantitative estimate of drug-likeness (QED) is 0.387. The second-order valence-electron chi connectivity index (χ2n) is 8.96. The summed E-state index contributed by atoms with van der Waals surface area (Å²) in [6.07, 6.45) is 2.72. The number of carbonyl (C=O) groups is 2. The zero-order valence-corrected chi connectivity index (χ0v) is 19.7. The number of halogens is 1. The number of benzene rings is 3. The lowest BCUT2D eigenvalue weighted by Gasteiger charge is -2.38. The third-order valence-electron chi connectivity index (χ3n) is 6.63. The highest BCUT2D eigenvalue weighted by Gasteiger charge is 2.33. The van der Waals surface area contributed by atoms with Crippen molar-refractivity contribution >= 4 is 22.6 Å². The second-order valence-corrected chi connectivity index (χ2v) is 8.96. The SMILES string of the molecule is CCCN(CC(=O)N1CCn2cccc2[C@@H]1c1cccc(F)c1)C(=O)c1ccc2ccccc2c1. The Hall–Kier alpha value is -3.93. The van der Waals surface area contributed by atoms with E-state index in [4.69, 9.17) is 0 Å². The Morgan fingerprint density at radius 2 is 1.77 bits per heavy atom. The predicted molar refractivity (Wildman–Crippen MR) is 135 cm³/mol. The highest BCUT2D eigenvalue weighted by Crippen LogP contribution is 2.33. The first-order chi connectivity index (χ1) is 17.0. The number of aromatic nitrogens is 1.